The predicted octanol–water partition coefficient (Wildman–Crippen LogP) is 4.23. The first-order valence-electron chi connectivity index (χ1n) is 9.21. The summed E-state index contributed by atoms with van der Waals surface area (Å²) in [5.41, 5.74) is 1.61. The normalized spacial score (nSPS) is 13.1. The van der Waals surface area contributed by atoms with Crippen LogP contribution in [0.1, 0.15) is 25.8 Å². The molecule has 0 fully saturated rings. The fourth-order valence-corrected chi connectivity index (χ4v) is 3.48. The molecule has 7 heteroatoms. The van der Waals surface area contributed by atoms with Crippen LogP contribution >= 0.6 is 11.8 Å². The van der Waals surface area contributed by atoms with Crippen molar-refractivity contribution in [3.05, 3.63) is 66.0 Å². The maximum absolute atomic E-state index is 13.9. The number of aryl methyl sites for hydroxylation is 1. The van der Waals surface area contributed by atoms with Gasteiger partial charge in [0.1, 0.15) is 5.82 Å². The molecule has 1 heterocycles. The molecular weight excluding hydrogens is 375 g/mol. The maximum atomic E-state index is 13.9. The van der Waals surface area contributed by atoms with Gasteiger partial charge in [-0.25, -0.2) is 9.37 Å². The Balaban J connectivity index is 1.51. The van der Waals surface area contributed by atoms with Crippen molar-refractivity contribution < 1.29 is 9.18 Å². The Hall–Kier alpha value is -2.67. The van der Waals surface area contributed by atoms with Gasteiger partial charge in [-0.15, -0.1) is 5.10 Å². The zero-order chi connectivity index (χ0) is 19.9. The van der Waals surface area contributed by atoms with Crippen molar-refractivity contribution in [3.63, 3.8) is 0 Å². The molecule has 0 radical (unpaired) electrons. The number of amides is 1. The summed E-state index contributed by atoms with van der Waals surface area (Å²) in [6.07, 6.45) is 1.78. The molecule has 0 aliphatic rings. The van der Waals surface area contributed by atoms with Gasteiger partial charge in [0.2, 0.25) is 11.1 Å². The van der Waals surface area contributed by atoms with Crippen LogP contribution in [0.4, 0.5) is 4.39 Å². The topological polar surface area (TPSA) is 70.7 Å². The molecule has 0 aliphatic heterocycles. The fourth-order valence-electron chi connectivity index (χ4n) is 2.74. The molecule has 3 aromatic rings. The molecule has 2 atom stereocenters. The van der Waals surface area contributed by atoms with Crippen LogP contribution in [0.5, 0.6) is 0 Å². The number of rotatable bonds is 8. The number of thioether (sulfide) groups is 1. The van der Waals surface area contributed by atoms with Crippen molar-refractivity contribution in [3.8, 4) is 11.4 Å². The molecule has 0 spiro atoms. The molecule has 1 amide bonds. The molecule has 0 bridgehead atoms. The Morgan fingerprint density at radius 3 is 2.61 bits per heavy atom. The molecule has 3 rings (SSSR count). The third kappa shape index (κ3) is 5.42. The van der Waals surface area contributed by atoms with E-state index in [1.807, 2.05) is 32.0 Å². The van der Waals surface area contributed by atoms with Gasteiger partial charge < -0.3 is 5.32 Å². The van der Waals surface area contributed by atoms with Crippen molar-refractivity contribution in [2.75, 3.05) is 0 Å². The van der Waals surface area contributed by atoms with E-state index in [-0.39, 0.29) is 23.0 Å². The SMILES string of the molecule is CC(CCc1ccccc1)NC(=O)C(C)Sc1n[nH]c(-c2ccccc2F)n1. The number of H-pyrrole nitrogens is 1. The van der Waals surface area contributed by atoms with E-state index in [1.165, 1.54) is 23.4 Å². The highest BCUT2D eigenvalue weighted by atomic mass is 32.2. The lowest BCUT2D eigenvalue weighted by Gasteiger charge is -2.16. The molecule has 28 heavy (non-hydrogen) atoms. The van der Waals surface area contributed by atoms with Gasteiger partial charge in [-0.3, -0.25) is 9.89 Å². The minimum absolute atomic E-state index is 0.0666. The highest BCUT2D eigenvalue weighted by Gasteiger charge is 2.19. The third-order valence-electron chi connectivity index (χ3n) is 4.34. The smallest absolute Gasteiger partial charge is 0.233 e. The Bertz CT molecular complexity index is 916. The molecule has 2 unspecified atom stereocenters. The van der Waals surface area contributed by atoms with Gasteiger partial charge in [0.25, 0.3) is 0 Å². The van der Waals surface area contributed by atoms with E-state index in [0.29, 0.717) is 16.5 Å². The van der Waals surface area contributed by atoms with Gasteiger partial charge in [0, 0.05) is 6.04 Å². The summed E-state index contributed by atoms with van der Waals surface area (Å²) in [7, 11) is 0. The Morgan fingerprint density at radius 2 is 1.86 bits per heavy atom. The number of aromatic amines is 1. The number of aromatic nitrogens is 3. The molecule has 0 saturated carbocycles. The Kier molecular flexibility index (Phi) is 6.81. The van der Waals surface area contributed by atoms with Crippen molar-refractivity contribution >= 4 is 17.7 Å². The van der Waals surface area contributed by atoms with Crippen LogP contribution in [0.3, 0.4) is 0 Å². The Morgan fingerprint density at radius 1 is 1.14 bits per heavy atom. The van der Waals surface area contributed by atoms with Crippen molar-refractivity contribution in [1.82, 2.24) is 20.5 Å². The van der Waals surface area contributed by atoms with E-state index in [9.17, 15) is 9.18 Å². The highest BCUT2D eigenvalue weighted by Crippen LogP contribution is 2.24. The lowest BCUT2D eigenvalue weighted by Crippen LogP contribution is -2.37. The minimum Gasteiger partial charge on any atom is -0.353 e. The number of nitrogens with one attached hydrogen (secondary N) is 2. The van der Waals surface area contributed by atoms with Crippen LogP contribution in [-0.2, 0) is 11.2 Å². The first-order valence-corrected chi connectivity index (χ1v) is 10.1. The van der Waals surface area contributed by atoms with Crippen molar-refractivity contribution in [2.45, 2.75) is 43.1 Å². The molecule has 5 nitrogen and oxygen atoms in total. The second kappa shape index (κ2) is 9.50. The van der Waals surface area contributed by atoms with Crippen LogP contribution in [0.15, 0.2) is 59.8 Å². The molecular formula is C21H23FN4OS. The van der Waals surface area contributed by atoms with Gasteiger partial charge in [-0.2, -0.15) is 0 Å². The lowest BCUT2D eigenvalue weighted by atomic mass is 10.1. The summed E-state index contributed by atoms with van der Waals surface area (Å²) in [5, 5.41) is 9.91. The van der Waals surface area contributed by atoms with Crippen molar-refractivity contribution in [2.24, 2.45) is 0 Å². The summed E-state index contributed by atoms with van der Waals surface area (Å²) in [5.74, 6) is -0.0829. The molecule has 0 saturated heterocycles. The van der Waals surface area contributed by atoms with E-state index in [0.717, 1.165) is 12.8 Å². The fraction of sp³-hybridized carbons (Fsp3) is 0.286. The first-order chi connectivity index (χ1) is 13.5. The van der Waals surface area contributed by atoms with Crippen LogP contribution in [0, 0.1) is 5.82 Å². The number of benzene rings is 2. The molecule has 0 aliphatic carbocycles. The molecule has 1 aromatic heterocycles. The quantitative estimate of drug-likeness (QED) is 0.557. The number of halogens is 1. The van der Waals surface area contributed by atoms with E-state index in [2.05, 4.69) is 32.6 Å². The average Bonchev–Trinajstić information content (AvgIpc) is 3.15. The summed E-state index contributed by atoms with van der Waals surface area (Å²) in [4.78, 5) is 16.7. The average molecular weight is 399 g/mol. The van der Waals surface area contributed by atoms with E-state index < -0.39 is 0 Å². The number of carbonyl (C=O) groups is 1. The number of hydrogen-bond donors (Lipinski definition) is 2. The standard InChI is InChI=1S/C21H23FN4OS/c1-14(12-13-16-8-4-3-5-9-16)23-20(27)15(2)28-21-24-19(25-26-21)17-10-6-7-11-18(17)22/h3-11,14-15H,12-13H2,1-2H3,(H,23,27)(H,24,25,26). The predicted molar refractivity (Wildman–Crippen MR) is 109 cm³/mol. The van der Waals surface area contributed by atoms with E-state index in [1.54, 1.807) is 18.2 Å². The lowest BCUT2D eigenvalue weighted by molar-refractivity contribution is -0.120. The van der Waals surface area contributed by atoms with Gasteiger partial charge in [0.05, 0.1) is 10.8 Å². The summed E-state index contributed by atoms with van der Waals surface area (Å²) in [6, 6.07) is 16.6. The van der Waals surface area contributed by atoms with E-state index >= 15 is 0 Å². The molecule has 146 valence electrons. The van der Waals surface area contributed by atoms with Gasteiger partial charge in [-0.05, 0) is 44.4 Å². The zero-order valence-electron chi connectivity index (χ0n) is 15.9. The Labute approximate surface area is 168 Å². The first kappa shape index (κ1) is 20.1. The van der Waals surface area contributed by atoms with Crippen LogP contribution < -0.4 is 5.32 Å². The maximum Gasteiger partial charge on any atom is 0.233 e. The van der Waals surface area contributed by atoms with Gasteiger partial charge >= 0.3 is 0 Å². The number of carbonyl (C=O) groups excluding carboxylic acids is 1. The molecule has 2 N–H and O–H groups in total. The van der Waals surface area contributed by atoms with Crippen LogP contribution in [0.2, 0.25) is 0 Å². The second-order valence-corrected chi connectivity index (χ2v) is 7.95. The highest BCUT2D eigenvalue weighted by molar-refractivity contribution is 8.00. The third-order valence-corrected chi connectivity index (χ3v) is 5.30. The van der Waals surface area contributed by atoms with Crippen molar-refractivity contribution in [1.29, 1.82) is 0 Å². The summed E-state index contributed by atoms with van der Waals surface area (Å²) in [6.45, 7) is 3.81. The second-order valence-electron chi connectivity index (χ2n) is 6.64. The largest absolute Gasteiger partial charge is 0.353 e. The number of nitrogens with zero attached hydrogens (tertiary/aromatic N) is 2. The van der Waals surface area contributed by atoms with Gasteiger partial charge in [-0.1, -0.05) is 54.2 Å². The molecule has 2 aromatic carbocycles. The van der Waals surface area contributed by atoms with Crippen LogP contribution in [-0.4, -0.2) is 32.4 Å². The van der Waals surface area contributed by atoms with Crippen LogP contribution in [0.25, 0.3) is 11.4 Å². The minimum atomic E-state index is -0.367. The number of hydrogen-bond acceptors (Lipinski definition) is 4. The summed E-state index contributed by atoms with van der Waals surface area (Å²) < 4.78 is 13.9. The van der Waals surface area contributed by atoms with Gasteiger partial charge in [0.15, 0.2) is 5.82 Å². The monoisotopic (exact) mass is 398 g/mol. The summed E-state index contributed by atoms with van der Waals surface area (Å²) >= 11 is 1.24. The van der Waals surface area contributed by atoms with E-state index in [4.69, 9.17) is 0 Å². The zero-order valence-corrected chi connectivity index (χ0v) is 16.7.